The first-order chi connectivity index (χ1) is 10.4. The maximum Gasteiger partial charge on any atom is 0.231 e. The third-order valence-electron chi connectivity index (χ3n) is 4.30. The Kier molecular flexibility index (Phi) is 4.90. The number of nitrogens with one attached hydrogen (secondary N) is 1. The first-order valence-electron chi connectivity index (χ1n) is 7.57. The Morgan fingerprint density at radius 3 is 2.73 bits per heavy atom. The molecule has 0 saturated carbocycles. The van der Waals surface area contributed by atoms with Gasteiger partial charge in [-0.3, -0.25) is 4.79 Å². The van der Waals surface area contributed by atoms with Crippen LogP contribution in [0, 0.1) is 17.8 Å². The molecule has 118 valence electrons. The summed E-state index contributed by atoms with van der Waals surface area (Å²) in [5, 5.41) is 2.95. The standard InChI is InChI=1S/C18H23NO3/c1-5-10-17(3,6-2)16(20)19-15-9-7-8-14(13-15)18(4)21-11-12-22-18/h1,7-9,13H,6,10-12H2,2-4H3,(H,19,20). The van der Waals surface area contributed by atoms with Crippen LogP contribution in [-0.4, -0.2) is 19.1 Å². The summed E-state index contributed by atoms with van der Waals surface area (Å²) >= 11 is 0. The monoisotopic (exact) mass is 301 g/mol. The minimum Gasteiger partial charge on any atom is -0.344 e. The van der Waals surface area contributed by atoms with Gasteiger partial charge in [0.05, 0.1) is 18.6 Å². The molecule has 1 aliphatic rings. The van der Waals surface area contributed by atoms with E-state index in [1.54, 1.807) is 0 Å². The summed E-state index contributed by atoms with van der Waals surface area (Å²) in [6.45, 7) is 6.88. The van der Waals surface area contributed by atoms with Crippen LogP contribution in [0.25, 0.3) is 0 Å². The topological polar surface area (TPSA) is 47.6 Å². The SMILES string of the molecule is C#CCC(C)(CC)C(=O)Nc1cccc(C2(C)OCCO2)c1. The van der Waals surface area contributed by atoms with Crippen LogP contribution >= 0.6 is 0 Å². The predicted octanol–water partition coefficient (Wildman–Crippen LogP) is 3.28. The molecule has 4 heteroatoms. The van der Waals surface area contributed by atoms with Crippen molar-refractivity contribution in [2.24, 2.45) is 5.41 Å². The molecule has 0 radical (unpaired) electrons. The molecule has 1 fully saturated rings. The second-order valence-electron chi connectivity index (χ2n) is 5.97. The zero-order chi connectivity index (χ0) is 16.2. The highest BCUT2D eigenvalue weighted by molar-refractivity contribution is 5.95. The molecule has 1 N–H and O–H groups in total. The molecule has 1 aromatic carbocycles. The summed E-state index contributed by atoms with van der Waals surface area (Å²) in [4.78, 5) is 12.5. The number of amides is 1. The molecule has 1 saturated heterocycles. The van der Waals surface area contributed by atoms with Crippen LogP contribution in [0.5, 0.6) is 0 Å². The highest BCUT2D eigenvalue weighted by atomic mass is 16.7. The molecule has 1 aliphatic heterocycles. The normalized spacial score (nSPS) is 19.2. The first kappa shape index (κ1) is 16.5. The van der Waals surface area contributed by atoms with Gasteiger partial charge in [0.15, 0.2) is 5.79 Å². The molecule has 4 nitrogen and oxygen atoms in total. The lowest BCUT2D eigenvalue weighted by atomic mass is 9.83. The number of ether oxygens (including phenoxy) is 2. The minimum absolute atomic E-state index is 0.0662. The van der Waals surface area contributed by atoms with Crippen LogP contribution in [0.15, 0.2) is 24.3 Å². The van der Waals surface area contributed by atoms with E-state index in [2.05, 4.69) is 11.2 Å². The van der Waals surface area contributed by atoms with Crippen LogP contribution < -0.4 is 5.32 Å². The second kappa shape index (κ2) is 6.51. The van der Waals surface area contributed by atoms with Crippen LogP contribution in [-0.2, 0) is 20.1 Å². The zero-order valence-electron chi connectivity index (χ0n) is 13.4. The van der Waals surface area contributed by atoms with Crippen molar-refractivity contribution >= 4 is 11.6 Å². The van der Waals surface area contributed by atoms with E-state index >= 15 is 0 Å². The maximum absolute atomic E-state index is 12.5. The van der Waals surface area contributed by atoms with Gasteiger partial charge in [-0.15, -0.1) is 12.3 Å². The van der Waals surface area contributed by atoms with E-state index in [1.807, 2.05) is 45.0 Å². The minimum atomic E-state index is -0.742. The van der Waals surface area contributed by atoms with E-state index in [0.29, 0.717) is 26.1 Å². The van der Waals surface area contributed by atoms with Gasteiger partial charge < -0.3 is 14.8 Å². The molecule has 1 unspecified atom stereocenters. The lowest BCUT2D eigenvalue weighted by molar-refractivity contribution is -0.149. The van der Waals surface area contributed by atoms with E-state index in [4.69, 9.17) is 15.9 Å². The molecule has 0 aromatic heterocycles. The molecule has 22 heavy (non-hydrogen) atoms. The zero-order valence-corrected chi connectivity index (χ0v) is 13.4. The second-order valence-corrected chi connectivity index (χ2v) is 5.97. The Morgan fingerprint density at radius 1 is 1.45 bits per heavy atom. The van der Waals surface area contributed by atoms with E-state index in [1.165, 1.54) is 0 Å². The van der Waals surface area contributed by atoms with Crippen LogP contribution in [0.4, 0.5) is 5.69 Å². The summed E-state index contributed by atoms with van der Waals surface area (Å²) in [6.07, 6.45) is 6.49. The number of hydrogen-bond donors (Lipinski definition) is 1. The lowest BCUT2D eigenvalue weighted by Crippen LogP contribution is -2.33. The van der Waals surface area contributed by atoms with Gasteiger partial charge >= 0.3 is 0 Å². The average Bonchev–Trinajstić information content (AvgIpc) is 2.96. The van der Waals surface area contributed by atoms with Crippen molar-refractivity contribution in [2.75, 3.05) is 18.5 Å². The summed E-state index contributed by atoms with van der Waals surface area (Å²) < 4.78 is 11.3. The number of carbonyl (C=O) groups excluding carboxylic acids is 1. The van der Waals surface area contributed by atoms with Crippen molar-refractivity contribution in [2.45, 2.75) is 39.4 Å². The van der Waals surface area contributed by atoms with Crippen molar-refractivity contribution in [1.29, 1.82) is 0 Å². The Balaban J connectivity index is 2.17. The average molecular weight is 301 g/mol. The third-order valence-corrected chi connectivity index (χ3v) is 4.30. The van der Waals surface area contributed by atoms with Gasteiger partial charge in [0.2, 0.25) is 5.91 Å². The van der Waals surface area contributed by atoms with Crippen molar-refractivity contribution in [3.05, 3.63) is 29.8 Å². The molecule has 0 aliphatic carbocycles. The highest BCUT2D eigenvalue weighted by Crippen LogP contribution is 2.33. The fourth-order valence-corrected chi connectivity index (χ4v) is 2.43. The molecule has 0 spiro atoms. The molecular formula is C18H23NO3. The van der Waals surface area contributed by atoms with Gasteiger partial charge in [-0.25, -0.2) is 0 Å². The van der Waals surface area contributed by atoms with E-state index in [9.17, 15) is 4.79 Å². The van der Waals surface area contributed by atoms with Crippen LogP contribution in [0.3, 0.4) is 0 Å². The van der Waals surface area contributed by atoms with Gasteiger partial charge in [-0.1, -0.05) is 19.1 Å². The molecule has 1 atom stereocenters. The van der Waals surface area contributed by atoms with Gasteiger partial charge in [-0.2, -0.15) is 0 Å². The lowest BCUT2D eigenvalue weighted by Gasteiger charge is -2.26. The number of terminal acetylenes is 1. The number of rotatable bonds is 5. The molecule has 2 rings (SSSR count). The molecule has 1 aromatic rings. The van der Waals surface area contributed by atoms with Crippen LogP contribution in [0.1, 0.15) is 39.2 Å². The van der Waals surface area contributed by atoms with Crippen molar-refractivity contribution in [1.82, 2.24) is 0 Å². The molecule has 0 bridgehead atoms. The quantitative estimate of drug-likeness (QED) is 0.849. The van der Waals surface area contributed by atoms with Gasteiger partial charge in [0.25, 0.3) is 0 Å². The Hall–Kier alpha value is -1.83. The van der Waals surface area contributed by atoms with Crippen molar-refractivity contribution in [3.8, 4) is 12.3 Å². The van der Waals surface area contributed by atoms with Gasteiger partial charge in [-0.05, 0) is 32.4 Å². The van der Waals surface area contributed by atoms with Gasteiger partial charge in [0, 0.05) is 17.7 Å². The molecular weight excluding hydrogens is 278 g/mol. The Labute approximate surface area is 132 Å². The maximum atomic E-state index is 12.5. The number of hydrogen-bond acceptors (Lipinski definition) is 3. The van der Waals surface area contributed by atoms with Crippen LogP contribution in [0.2, 0.25) is 0 Å². The van der Waals surface area contributed by atoms with E-state index < -0.39 is 11.2 Å². The highest BCUT2D eigenvalue weighted by Gasteiger charge is 2.34. The van der Waals surface area contributed by atoms with Crippen molar-refractivity contribution in [3.63, 3.8) is 0 Å². The Bertz CT molecular complexity index is 584. The first-order valence-corrected chi connectivity index (χ1v) is 7.57. The smallest absolute Gasteiger partial charge is 0.231 e. The summed E-state index contributed by atoms with van der Waals surface area (Å²) in [5.41, 5.74) is 1.05. The third kappa shape index (κ3) is 3.32. The fourth-order valence-electron chi connectivity index (χ4n) is 2.43. The van der Waals surface area contributed by atoms with E-state index in [0.717, 1.165) is 11.3 Å². The number of carbonyl (C=O) groups is 1. The number of benzene rings is 1. The predicted molar refractivity (Wildman–Crippen MR) is 86.2 cm³/mol. The molecule has 1 amide bonds. The summed E-state index contributed by atoms with van der Waals surface area (Å²) in [5.74, 6) is 1.78. The van der Waals surface area contributed by atoms with Crippen molar-refractivity contribution < 1.29 is 14.3 Å². The largest absolute Gasteiger partial charge is 0.344 e. The molecule has 1 heterocycles. The summed E-state index contributed by atoms with van der Waals surface area (Å²) in [7, 11) is 0. The van der Waals surface area contributed by atoms with Gasteiger partial charge in [0.1, 0.15) is 0 Å². The summed E-state index contributed by atoms with van der Waals surface area (Å²) in [6, 6.07) is 7.55. The number of anilines is 1. The van der Waals surface area contributed by atoms with E-state index in [-0.39, 0.29) is 5.91 Å². The fraction of sp³-hybridized carbons (Fsp3) is 0.500. The Morgan fingerprint density at radius 2 is 2.14 bits per heavy atom.